The van der Waals surface area contributed by atoms with Crippen molar-refractivity contribution in [2.24, 2.45) is 0 Å². The second kappa shape index (κ2) is 5.77. The number of aryl methyl sites for hydroxylation is 1. The molecule has 1 heterocycles. The molecule has 0 aliphatic rings. The molecule has 0 saturated heterocycles. The third kappa shape index (κ3) is 2.88. The van der Waals surface area contributed by atoms with Crippen LogP contribution in [-0.2, 0) is 0 Å². The van der Waals surface area contributed by atoms with Crippen LogP contribution in [0.25, 0.3) is 0 Å². The Morgan fingerprint density at radius 3 is 2.62 bits per heavy atom. The standard InChI is InChI=1S/C15H19ClN4O/c1-8(2)20-10(4)14(9(3)19-20)18-15(21)11-6-5-7-12(16)13(11)17/h5-8H,17H2,1-4H3,(H,18,21). The summed E-state index contributed by atoms with van der Waals surface area (Å²) in [6, 6.07) is 5.23. The molecule has 1 amide bonds. The van der Waals surface area contributed by atoms with Gasteiger partial charge >= 0.3 is 0 Å². The van der Waals surface area contributed by atoms with Gasteiger partial charge in [-0.15, -0.1) is 0 Å². The number of hydrogen-bond donors (Lipinski definition) is 2. The number of rotatable bonds is 3. The van der Waals surface area contributed by atoms with Gasteiger partial charge in [0, 0.05) is 6.04 Å². The van der Waals surface area contributed by atoms with Gasteiger partial charge in [-0.05, 0) is 39.8 Å². The lowest BCUT2D eigenvalue weighted by Crippen LogP contribution is -2.15. The summed E-state index contributed by atoms with van der Waals surface area (Å²) >= 11 is 5.95. The van der Waals surface area contributed by atoms with Crippen LogP contribution < -0.4 is 11.1 Å². The number of nitrogens with zero attached hydrogens (tertiary/aromatic N) is 2. The molecule has 1 aromatic carbocycles. The zero-order chi connectivity index (χ0) is 15.7. The molecule has 3 N–H and O–H groups in total. The average molecular weight is 307 g/mol. The number of nitrogens with one attached hydrogen (secondary N) is 1. The second-order valence-corrected chi connectivity index (χ2v) is 5.65. The molecule has 0 atom stereocenters. The summed E-state index contributed by atoms with van der Waals surface area (Å²) in [6.07, 6.45) is 0. The van der Waals surface area contributed by atoms with E-state index in [9.17, 15) is 4.79 Å². The molecule has 0 aliphatic carbocycles. The van der Waals surface area contributed by atoms with Crippen molar-refractivity contribution in [1.82, 2.24) is 9.78 Å². The maximum Gasteiger partial charge on any atom is 0.257 e. The monoisotopic (exact) mass is 306 g/mol. The average Bonchev–Trinajstić information content (AvgIpc) is 2.70. The Hall–Kier alpha value is -2.01. The third-order valence-corrected chi connectivity index (χ3v) is 3.68. The summed E-state index contributed by atoms with van der Waals surface area (Å²) in [6.45, 7) is 7.87. The minimum absolute atomic E-state index is 0.227. The first kappa shape index (κ1) is 15.4. The number of nitrogen functional groups attached to an aromatic ring is 1. The molecule has 2 rings (SSSR count). The second-order valence-electron chi connectivity index (χ2n) is 5.24. The van der Waals surface area contributed by atoms with E-state index in [-0.39, 0.29) is 17.6 Å². The predicted octanol–water partition coefficient (Wildman–Crippen LogP) is 3.57. The highest BCUT2D eigenvalue weighted by Crippen LogP contribution is 2.26. The molecule has 0 fully saturated rings. The number of aromatic nitrogens is 2. The highest BCUT2D eigenvalue weighted by molar-refractivity contribution is 6.34. The summed E-state index contributed by atoms with van der Waals surface area (Å²) in [5.74, 6) is -0.287. The minimum atomic E-state index is -0.287. The summed E-state index contributed by atoms with van der Waals surface area (Å²) in [4.78, 5) is 12.4. The van der Waals surface area contributed by atoms with Gasteiger partial charge in [0.15, 0.2) is 0 Å². The molecule has 5 nitrogen and oxygen atoms in total. The fourth-order valence-electron chi connectivity index (χ4n) is 2.26. The van der Waals surface area contributed by atoms with Gasteiger partial charge in [0.25, 0.3) is 5.91 Å². The fraction of sp³-hybridized carbons (Fsp3) is 0.333. The molecule has 21 heavy (non-hydrogen) atoms. The van der Waals surface area contributed by atoms with Crippen molar-refractivity contribution in [2.75, 3.05) is 11.1 Å². The van der Waals surface area contributed by atoms with Crippen LogP contribution in [0.5, 0.6) is 0 Å². The van der Waals surface area contributed by atoms with Crippen LogP contribution >= 0.6 is 11.6 Å². The number of anilines is 2. The number of para-hydroxylation sites is 1. The Morgan fingerprint density at radius 1 is 1.38 bits per heavy atom. The van der Waals surface area contributed by atoms with E-state index in [2.05, 4.69) is 10.4 Å². The Kier molecular flexibility index (Phi) is 4.23. The molecular weight excluding hydrogens is 288 g/mol. The molecule has 112 valence electrons. The molecule has 0 bridgehead atoms. The quantitative estimate of drug-likeness (QED) is 0.851. The zero-order valence-corrected chi connectivity index (χ0v) is 13.3. The van der Waals surface area contributed by atoms with Crippen molar-refractivity contribution in [3.8, 4) is 0 Å². The lowest BCUT2D eigenvalue weighted by Gasteiger charge is -2.10. The fourth-order valence-corrected chi connectivity index (χ4v) is 2.44. The molecule has 6 heteroatoms. The summed E-state index contributed by atoms with van der Waals surface area (Å²) in [5.41, 5.74) is 8.90. The first-order chi connectivity index (χ1) is 9.82. The van der Waals surface area contributed by atoms with Crippen LogP contribution in [0.2, 0.25) is 5.02 Å². The normalized spacial score (nSPS) is 11.0. The van der Waals surface area contributed by atoms with Crippen molar-refractivity contribution in [1.29, 1.82) is 0 Å². The van der Waals surface area contributed by atoms with E-state index in [0.717, 1.165) is 11.4 Å². The zero-order valence-electron chi connectivity index (χ0n) is 12.6. The van der Waals surface area contributed by atoms with E-state index < -0.39 is 0 Å². The van der Waals surface area contributed by atoms with Gasteiger partial charge in [-0.2, -0.15) is 5.10 Å². The van der Waals surface area contributed by atoms with Crippen molar-refractivity contribution in [3.63, 3.8) is 0 Å². The molecule has 0 aliphatic heterocycles. The maximum atomic E-state index is 12.4. The maximum absolute atomic E-state index is 12.4. The highest BCUT2D eigenvalue weighted by Gasteiger charge is 2.18. The van der Waals surface area contributed by atoms with E-state index in [1.807, 2.05) is 32.4 Å². The number of amides is 1. The first-order valence-corrected chi connectivity index (χ1v) is 7.11. The Bertz CT molecular complexity index is 691. The summed E-state index contributed by atoms with van der Waals surface area (Å²) in [5, 5.41) is 7.69. The largest absolute Gasteiger partial charge is 0.397 e. The molecule has 0 radical (unpaired) electrons. The Morgan fingerprint density at radius 2 is 2.05 bits per heavy atom. The topological polar surface area (TPSA) is 72.9 Å². The third-order valence-electron chi connectivity index (χ3n) is 3.35. The van der Waals surface area contributed by atoms with E-state index in [1.165, 1.54) is 0 Å². The van der Waals surface area contributed by atoms with Crippen LogP contribution in [0.15, 0.2) is 18.2 Å². The SMILES string of the molecule is Cc1nn(C(C)C)c(C)c1NC(=O)c1cccc(Cl)c1N. The van der Waals surface area contributed by atoms with Crippen LogP contribution in [-0.4, -0.2) is 15.7 Å². The van der Waals surface area contributed by atoms with Gasteiger partial charge in [-0.25, -0.2) is 0 Å². The lowest BCUT2D eigenvalue weighted by atomic mass is 10.1. The molecule has 0 spiro atoms. The van der Waals surface area contributed by atoms with Gasteiger partial charge in [0.2, 0.25) is 0 Å². The lowest BCUT2D eigenvalue weighted by molar-refractivity contribution is 0.102. The van der Waals surface area contributed by atoms with Crippen molar-refractivity contribution < 1.29 is 4.79 Å². The highest BCUT2D eigenvalue weighted by atomic mass is 35.5. The summed E-state index contributed by atoms with van der Waals surface area (Å²) < 4.78 is 1.88. The molecule has 0 saturated carbocycles. The van der Waals surface area contributed by atoms with Crippen LogP contribution in [0.3, 0.4) is 0 Å². The van der Waals surface area contributed by atoms with Gasteiger partial charge in [0.1, 0.15) is 0 Å². The van der Waals surface area contributed by atoms with Crippen molar-refractivity contribution >= 4 is 28.9 Å². The molecule has 2 aromatic rings. The summed E-state index contributed by atoms with van der Waals surface area (Å²) in [7, 11) is 0. The smallest absolute Gasteiger partial charge is 0.257 e. The van der Waals surface area contributed by atoms with Gasteiger partial charge in [-0.3, -0.25) is 9.48 Å². The van der Waals surface area contributed by atoms with E-state index in [1.54, 1.807) is 18.2 Å². The van der Waals surface area contributed by atoms with E-state index >= 15 is 0 Å². The number of carbonyl (C=O) groups is 1. The van der Waals surface area contributed by atoms with E-state index in [0.29, 0.717) is 16.3 Å². The number of hydrogen-bond acceptors (Lipinski definition) is 3. The number of benzene rings is 1. The van der Waals surface area contributed by atoms with Crippen LogP contribution in [0, 0.1) is 13.8 Å². The van der Waals surface area contributed by atoms with E-state index in [4.69, 9.17) is 17.3 Å². The van der Waals surface area contributed by atoms with Crippen LogP contribution in [0.1, 0.15) is 41.6 Å². The Labute approximate surface area is 129 Å². The number of nitrogens with two attached hydrogens (primary N) is 1. The number of carbonyl (C=O) groups excluding carboxylic acids is 1. The van der Waals surface area contributed by atoms with Gasteiger partial charge in [0.05, 0.1) is 33.3 Å². The minimum Gasteiger partial charge on any atom is -0.397 e. The Balaban J connectivity index is 2.34. The predicted molar refractivity (Wildman–Crippen MR) is 85.9 cm³/mol. The van der Waals surface area contributed by atoms with Gasteiger partial charge in [-0.1, -0.05) is 17.7 Å². The number of halogens is 1. The van der Waals surface area contributed by atoms with Crippen LogP contribution in [0.4, 0.5) is 11.4 Å². The van der Waals surface area contributed by atoms with Crippen molar-refractivity contribution in [2.45, 2.75) is 33.7 Å². The molecule has 0 unspecified atom stereocenters. The molecule has 1 aromatic heterocycles. The van der Waals surface area contributed by atoms with Gasteiger partial charge < -0.3 is 11.1 Å². The first-order valence-electron chi connectivity index (χ1n) is 6.74. The van der Waals surface area contributed by atoms with Crippen molar-refractivity contribution in [3.05, 3.63) is 40.2 Å². The molecular formula is C15H19ClN4O.